The highest BCUT2D eigenvalue weighted by Gasteiger charge is 2.25. The average Bonchev–Trinajstić information content (AvgIpc) is 2.78. The van der Waals surface area contributed by atoms with E-state index in [1.54, 1.807) is 0 Å². The van der Waals surface area contributed by atoms with Crippen LogP contribution in [-0.4, -0.2) is 47.4 Å². The Balaban J connectivity index is 2.81. The molecule has 0 spiro atoms. The number of hydrogen-bond donors (Lipinski definition) is 2. The summed E-state index contributed by atoms with van der Waals surface area (Å²) in [7, 11) is -5.60. The third kappa shape index (κ3) is 5.22. The first-order chi connectivity index (χ1) is 9.57. The summed E-state index contributed by atoms with van der Waals surface area (Å²) < 4.78 is 47.8. The second kappa shape index (κ2) is 6.68. The SMILES string of the molecule is CNc1sc(S(=O)(=O)NCCCS(C)(=O)=O)cc1[N+](=O)[O-]. The highest BCUT2D eigenvalue weighted by Crippen LogP contribution is 2.36. The van der Waals surface area contributed by atoms with Crippen molar-refractivity contribution in [3.05, 3.63) is 16.2 Å². The Bertz CT molecular complexity index is 722. The van der Waals surface area contributed by atoms with Gasteiger partial charge in [-0.15, -0.1) is 0 Å². The van der Waals surface area contributed by atoms with E-state index in [0.29, 0.717) is 0 Å². The van der Waals surface area contributed by atoms with E-state index < -0.39 is 24.8 Å². The monoisotopic (exact) mass is 357 g/mol. The number of nitrogens with one attached hydrogen (secondary N) is 2. The molecule has 1 aromatic rings. The lowest BCUT2D eigenvalue weighted by Crippen LogP contribution is -2.25. The van der Waals surface area contributed by atoms with E-state index in [-0.39, 0.29) is 33.6 Å². The normalized spacial score (nSPS) is 12.3. The van der Waals surface area contributed by atoms with E-state index in [0.717, 1.165) is 23.7 Å². The van der Waals surface area contributed by atoms with Crippen molar-refractivity contribution < 1.29 is 21.8 Å². The number of nitro groups is 1. The molecular weight excluding hydrogens is 342 g/mol. The van der Waals surface area contributed by atoms with Gasteiger partial charge in [0.2, 0.25) is 10.0 Å². The Hall–Kier alpha value is -1.24. The number of sulfone groups is 1. The molecule has 1 aromatic heterocycles. The van der Waals surface area contributed by atoms with Crippen LogP contribution in [0.1, 0.15) is 6.42 Å². The quantitative estimate of drug-likeness (QED) is 0.391. The summed E-state index contributed by atoms with van der Waals surface area (Å²) in [6.07, 6.45) is 1.19. The van der Waals surface area contributed by atoms with E-state index in [2.05, 4.69) is 10.0 Å². The molecule has 0 radical (unpaired) electrons. The van der Waals surface area contributed by atoms with Gasteiger partial charge in [0.1, 0.15) is 14.0 Å². The van der Waals surface area contributed by atoms with Gasteiger partial charge in [-0.05, 0) is 6.42 Å². The van der Waals surface area contributed by atoms with Crippen LogP contribution in [0.3, 0.4) is 0 Å². The minimum atomic E-state index is -3.89. The van der Waals surface area contributed by atoms with Crippen molar-refractivity contribution in [1.82, 2.24) is 4.72 Å². The van der Waals surface area contributed by atoms with Gasteiger partial charge in [0, 0.05) is 25.9 Å². The Kier molecular flexibility index (Phi) is 5.67. The molecule has 0 aliphatic rings. The van der Waals surface area contributed by atoms with Gasteiger partial charge in [0.25, 0.3) is 0 Å². The Morgan fingerprint density at radius 1 is 1.33 bits per heavy atom. The van der Waals surface area contributed by atoms with Gasteiger partial charge >= 0.3 is 5.69 Å². The Morgan fingerprint density at radius 3 is 2.38 bits per heavy atom. The molecule has 1 rings (SSSR count). The van der Waals surface area contributed by atoms with Gasteiger partial charge in [-0.3, -0.25) is 10.1 Å². The Labute approximate surface area is 126 Å². The molecule has 0 aromatic carbocycles. The van der Waals surface area contributed by atoms with Gasteiger partial charge in [0.15, 0.2) is 5.00 Å². The van der Waals surface area contributed by atoms with Crippen LogP contribution in [0.15, 0.2) is 10.3 Å². The maximum absolute atomic E-state index is 12.0. The second-order valence-corrected chi connectivity index (χ2v) is 9.47. The smallest absolute Gasteiger partial charge is 0.304 e. The van der Waals surface area contributed by atoms with Gasteiger partial charge in [-0.25, -0.2) is 21.6 Å². The van der Waals surface area contributed by atoms with Crippen molar-refractivity contribution in [1.29, 1.82) is 0 Å². The summed E-state index contributed by atoms with van der Waals surface area (Å²) in [5.41, 5.74) is -0.320. The zero-order valence-corrected chi connectivity index (χ0v) is 13.8. The molecule has 0 atom stereocenters. The zero-order valence-electron chi connectivity index (χ0n) is 11.3. The van der Waals surface area contributed by atoms with Crippen molar-refractivity contribution in [3.8, 4) is 0 Å². The number of hydrogen-bond acceptors (Lipinski definition) is 8. The van der Waals surface area contributed by atoms with Crippen LogP contribution >= 0.6 is 11.3 Å². The highest BCUT2D eigenvalue weighted by molar-refractivity contribution is 7.91. The van der Waals surface area contributed by atoms with Crippen molar-refractivity contribution in [2.45, 2.75) is 10.6 Å². The van der Waals surface area contributed by atoms with Gasteiger partial charge in [0.05, 0.1) is 10.7 Å². The summed E-state index contributed by atoms with van der Waals surface area (Å²) in [5.74, 6) is -0.137. The molecule has 21 heavy (non-hydrogen) atoms. The van der Waals surface area contributed by atoms with Crippen LogP contribution < -0.4 is 10.0 Å². The molecular formula is C9H15N3O6S3. The lowest BCUT2D eigenvalue weighted by molar-refractivity contribution is -0.383. The number of nitrogens with zero attached hydrogens (tertiary/aromatic N) is 1. The molecule has 0 saturated carbocycles. The van der Waals surface area contributed by atoms with E-state index in [1.807, 2.05) is 0 Å². The second-order valence-electron chi connectivity index (χ2n) is 4.17. The molecule has 120 valence electrons. The first-order valence-electron chi connectivity index (χ1n) is 5.70. The number of anilines is 1. The highest BCUT2D eigenvalue weighted by atomic mass is 32.2. The third-order valence-electron chi connectivity index (χ3n) is 2.36. The van der Waals surface area contributed by atoms with Gasteiger partial charge in [-0.1, -0.05) is 11.3 Å². The molecule has 9 nitrogen and oxygen atoms in total. The molecule has 0 amide bonds. The van der Waals surface area contributed by atoms with Crippen molar-refractivity contribution >= 4 is 41.9 Å². The lowest BCUT2D eigenvalue weighted by Gasteiger charge is -2.03. The summed E-state index contributed by atoms with van der Waals surface area (Å²) in [4.78, 5) is 10.1. The maximum atomic E-state index is 12.0. The van der Waals surface area contributed by atoms with Crippen LogP contribution in [0, 0.1) is 10.1 Å². The fraction of sp³-hybridized carbons (Fsp3) is 0.556. The molecule has 0 aliphatic carbocycles. The first-order valence-corrected chi connectivity index (χ1v) is 10.1. The van der Waals surface area contributed by atoms with Crippen LogP contribution in [-0.2, 0) is 19.9 Å². The standard InChI is InChI=1S/C9H15N3O6S3/c1-10-9-7(12(13)14)6-8(19-9)21(17,18)11-4-3-5-20(2,15)16/h6,10-11H,3-5H2,1-2H3. The van der Waals surface area contributed by atoms with Crippen molar-refractivity contribution in [3.63, 3.8) is 0 Å². The fourth-order valence-corrected chi connectivity index (χ4v) is 4.49. The van der Waals surface area contributed by atoms with E-state index in [9.17, 15) is 26.9 Å². The number of thiophene rings is 1. The molecule has 0 fully saturated rings. The maximum Gasteiger partial charge on any atom is 0.304 e. The minimum Gasteiger partial charge on any atom is -0.374 e. The molecule has 0 aliphatic heterocycles. The predicted molar refractivity (Wildman–Crippen MR) is 80.0 cm³/mol. The van der Waals surface area contributed by atoms with Crippen molar-refractivity contribution in [2.75, 3.05) is 30.9 Å². The van der Waals surface area contributed by atoms with Crippen LogP contribution in [0.2, 0.25) is 0 Å². The summed E-state index contributed by atoms with van der Waals surface area (Å²) in [5, 5.41) is 13.5. The summed E-state index contributed by atoms with van der Waals surface area (Å²) in [6, 6.07) is 0.968. The van der Waals surface area contributed by atoms with Gasteiger partial charge in [-0.2, -0.15) is 0 Å². The first kappa shape index (κ1) is 17.8. The molecule has 12 heteroatoms. The largest absolute Gasteiger partial charge is 0.374 e. The predicted octanol–water partition coefficient (Wildman–Crippen LogP) is 0.411. The number of sulfonamides is 1. The van der Waals surface area contributed by atoms with E-state index in [4.69, 9.17) is 0 Å². The molecule has 2 N–H and O–H groups in total. The molecule has 0 bridgehead atoms. The van der Waals surface area contributed by atoms with E-state index >= 15 is 0 Å². The van der Waals surface area contributed by atoms with Crippen LogP contribution in [0.25, 0.3) is 0 Å². The van der Waals surface area contributed by atoms with Crippen molar-refractivity contribution in [2.24, 2.45) is 0 Å². The van der Waals surface area contributed by atoms with Crippen LogP contribution in [0.4, 0.5) is 10.7 Å². The number of rotatable bonds is 8. The summed E-state index contributed by atoms with van der Waals surface area (Å²) in [6.45, 7) is -0.0595. The topological polar surface area (TPSA) is 135 Å². The molecule has 1 heterocycles. The average molecular weight is 357 g/mol. The Morgan fingerprint density at radius 2 is 1.95 bits per heavy atom. The zero-order chi connectivity index (χ0) is 16.3. The lowest BCUT2D eigenvalue weighted by atomic mass is 10.5. The molecule has 0 saturated heterocycles. The van der Waals surface area contributed by atoms with Crippen LogP contribution in [0.5, 0.6) is 0 Å². The minimum absolute atomic E-state index is 0.0595. The summed E-state index contributed by atoms with van der Waals surface area (Å²) >= 11 is 0.737. The fourth-order valence-electron chi connectivity index (χ4n) is 1.42. The molecule has 0 unspecified atom stereocenters. The van der Waals surface area contributed by atoms with E-state index in [1.165, 1.54) is 7.05 Å². The van der Waals surface area contributed by atoms with Gasteiger partial charge < -0.3 is 5.32 Å². The third-order valence-corrected chi connectivity index (χ3v) is 6.47.